The number of amides is 1. The van der Waals surface area contributed by atoms with Crippen LogP contribution in [0, 0.1) is 23.7 Å². The number of likely N-dealkylation sites (N-methyl/N-ethyl adjacent to an activating group) is 1. The number of carbonyl (C=O) groups is 1. The predicted octanol–water partition coefficient (Wildman–Crippen LogP) is 2.25. The first-order valence-corrected chi connectivity index (χ1v) is 7.48. The van der Waals surface area contributed by atoms with Gasteiger partial charge in [-0.05, 0) is 49.4 Å². The fourth-order valence-corrected chi connectivity index (χ4v) is 3.93. The lowest BCUT2D eigenvalue weighted by atomic mass is 9.88. The molecule has 0 aromatic heterocycles. The highest BCUT2D eigenvalue weighted by Crippen LogP contribution is 2.48. The third-order valence-electron chi connectivity index (χ3n) is 4.81. The molecule has 2 saturated carbocycles. The Morgan fingerprint density at radius 1 is 1.33 bits per heavy atom. The van der Waals surface area contributed by atoms with Gasteiger partial charge in [-0.2, -0.15) is 0 Å². The molecule has 4 atom stereocenters. The second-order valence-electron chi connectivity index (χ2n) is 6.89. The van der Waals surface area contributed by atoms with E-state index in [1.54, 1.807) is 0 Å². The maximum Gasteiger partial charge on any atom is 0.239 e. The Morgan fingerprint density at radius 3 is 2.56 bits per heavy atom. The number of nitrogens with two attached hydrogens (primary N) is 1. The first-order chi connectivity index (χ1) is 8.47. The van der Waals surface area contributed by atoms with E-state index in [9.17, 15) is 4.79 Å². The Labute approximate surface area is 111 Å². The van der Waals surface area contributed by atoms with Gasteiger partial charge in [0.2, 0.25) is 5.91 Å². The summed E-state index contributed by atoms with van der Waals surface area (Å²) >= 11 is 0. The summed E-state index contributed by atoms with van der Waals surface area (Å²) in [7, 11) is 1.93. The third kappa shape index (κ3) is 3.05. The second-order valence-corrected chi connectivity index (χ2v) is 6.89. The predicted molar refractivity (Wildman–Crippen MR) is 74.0 cm³/mol. The van der Waals surface area contributed by atoms with Gasteiger partial charge in [0.25, 0.3) is 0 Å². The molecule has 3 unspecified atom stereocenters. The summed E-state index contributed by atoms with van der Waals surface area (Å²) in [5.41, 5.74) is 5.98. The molecule has 2 N–H and O–H groups in total. The molecule has 0 spiro atoms. The van der Waals surface area contributed by atoms with Crippen LogP contribution >= 0.6 is 0 Å². The van der Waals surface area contributed by atoms with Crippen LogP contribution < -0.4 is 5.73 Å². The molecule has 0 aromatic rings. The lowest BCUT2D eigenvalue weighted by molar-refractivity contribution is -0.132. The molecule has 18 heavy (non-hydrogen) atoms. The standard InChI is InChI=1S/C15H28N2O/c1-10(2)6-14(16)15(18)17(3)9-13-8-11-4-5-12(13)7-11/h10-14H,4-9,16H2,1-3H3/t11?,12?,13?,14-/m1/s1. The van der Waals surface area contributed by atoms with Gasteiger partial charge in [-0.25, -0.2) is 0 Å². The molecule has 0 radical (unpaired) electrons. The Morgan fingerprint density at radius 2 is 2.06 bits per heavy atom. The molecule has 3 nitrogen and oxygen atoms in total. The summed E-state index contributed by atoms with van der Waals surface area (Å²) < 4.78 is 0. The third-order valence-corrected chi connectivity index (χ3v) is 4.81. The molecule has 0 heterocycles. The van der Waals surface area contributed by atoms with E-state index in [0.717, 1.165) is 30.7 Å². The van der Waals surface area contributed by atoms with Gasteiger partial charge in [-0.15, -0.1) is 0 Å². The van der Waals surface area contributed by atoms with E-state index < -0.39 is 0 Å². The number of hydrogen-bond donors (Lipinski definition) is 1. The van der Waals surface area contributed by atoms with Crippen molar-refractivity contribution in [1.82, 2.24) is 4.90 Å². The fraction of sp³-hybridized carbons (Fsp3) is 0.933. The smallest absolute Gasteiger partial charge is 0.239 e. The quantitative estimate of drug-likeness (QED) is 0.816. The highest BCUT2D eigenvalue weighted by Gasteiger charge is 2.40. The monoisotopic (exact) mass is 252 g/mol. The van der Waals surface area contributed by atoms with Gasteiger partial charge in [-0.3, -0.25) is 4.79 Å². The molecule has 2 rings (SSSR count). The Bertz CT molecular complexity index is 303. The van der Waals surface area contributed by atoms with Gasteiger partial charge >= 0.3 is 0 Å². The molecule has 0 saturated heterocycles. The summed E-state index contributed by atoms with van der Waals surface area (Å²) in [6.07, 6.45) is 6.34. The fourth-order valence-electron chi connectivity index (χ4n) is 3.93. The first kappa shape index (κ1) is 13.9. The average molecular weight is 252 g/mol. The number of carbonyl (C=O) groups excluding carboxylic acids is 1. The van der Waals surface area contributed by atoms with Crippen LogP contribution in [0.25, 0.3) is 0 Å². The van der Waals surface area contributed by atoms with E-state index in [1.807, 2.05) is 11.9 Å². The van der Waals surface area contributed by atoms with Crippen molar-refractivity contribution in [1.29, 1.82) is 0 Å². The maximum absolute atomic E-state index is 12.2. The molecule has 3 heteroatoms. The minimum absolute atomic E-state index is 0.131. The lowest BCUT2D eigenvalue weighted by Crippen LogP contribution is -2.44. The van der Waals surface area contributed by atoms with Crippen molar-refractivity contribution in [2.45, 2.75) is 52.0 Å². The van der Waals surface area contributed by atoms with Crippen LogP contribution in [0.3, 0.4) is 0 Å². The van der Waals surface area contributed by atoms with Gasteiger partial charge in [0.15, 0.2) is 0 Å². The molecule has 1 amide bonds. The highest BCUT2D eigenvalue weighted by molar-refractivity contribution is 5.81. The SMILES string of the molecule is CC(C)C[C@@H](N)C(=O)N(C)CC1CC2CCC1C2. The van der Waals surface area contributed by atoms with Crippen molar-refractivity contribution in [2.24, 2.45) is 29.4 Å². The molecule has 104 valence electrons. The minimum atomic E-state index is -0.311. The van der Waals surface area contributed by atoms with E-state index >= 15 is 0 Å². The Balaban J connectivity index is 1.80. The van der Waals surface area contributed by atoms with Gasteiger partial charge in [0.05, 0.1) is 6.04 Å². The van der Waals surface area contributed by atoms with Crippen LogP contribution in [0.2, 0.25) is 0 Å². The lowest BCUT2D eigenvalue weighted by Gasteiger charge is -2.29. The Hall–Kier alpha value is -0.570. The number of hydrogen-bond acceptors (Lipinski definition) is 2. The minimum Gasteiger partial charge on any atom is -0.344 e. The topological polar surface area (TPSA) is 46.3 Å². The van der Waals surface area contributed by atoms with E-state index in [4.69, 9.17) is 5.73 Å². The molecule has 2 aliphatic rings. The summed E-state index contributed by atoms with van der Waals surface area (Å²) in [6, 6.07) is -0.311. The highest BCUT2D eigenvalue weighted by atomic mass is 16.2. The number of rotatable bonds is 5. The molecule has 2 aliphatic carbocycles. The Kier molecular flexibility index (Phi) is 4.31. The molecule has 2 fully saturated rings. The van der Waals surface area contributed by atoms with Crippen molar-refractivity contribution in [3.8, 4) is 0 Å². The van der Waals surface area contributed by atoms with Gasteiger partial charge in [-0.1, -0.05) is 20.3 Å². The van der Waals surface area contributed by atoms with Gasteiger partial charge in [0, 0.05) is 13.6 Å². The number of nitrogens with zero attached hydrogens (tertiary/aromatic N) is 1. The average Bonchev–Trinajstić information content (AvgIpc) is 2.88. The van der Waals surface area contributed by atoms with Crippen LogP contribution in [-0.2, 0) is 4.79 Å². The van der Waals surface area contributed by atoms with E-state index in [2.05, 4.69) is 13.8 Å². The molecular formula is C15H28N2O. The molecule has 0 aromatic carbocycles. The van der Waals surface area contributed by atoms with Crippen molar-refractivity contribution >= 4 is 5.91 Å². The summed E-state index contributed by atoms with van der Waals surface area (Å²) in [6.45, 7) is 5.15. The normalized spacial score (nSPS) is 31.9. The summed E-state index contributed by atoms with van der Waals surface area (Å²) in [4.78, 5) is 14.1. The zero-order chi connectivity index (χ0) is 13.3. The largest absolute Gasteiger partial charge is 0.344 e. The summed E-state index contributed by atoms with van der Waals surface area (Å²) in [5, 5.41) is 0. The van der Waals surface area contributed by atoms with Gasteiger partial charge in [0.1, 0.15) is 0 Å². The van der Waals surface area contributed by atoms with Crippen LogP contribution in [-0.4, -0.2) is 30.4 Å². The summed E-state index contributed by atoms with van der Waals surface area (Å²) in [5.74, 6) is 3.19. The number of fused-ring (bicyclic) bond motifs is 2. The van der Waals surface area contributed by atoms with Crippen LogP contribution in [0.4, 0.5) is 0 Å². The molecule has 0 aliphatic heterocycles. The van der Waals surface area contributed by atoms with Crippen molar-refractivity contribution in [3.05, 3.63) is 0 Å². The molecular weight excluding hydrogens is 224 g/mol. The maximum atomic E-state index is 12.2. The zero-order valence-corrected chi connectivity index (χ0v) is 12.1. The van der Waals surface area contributed by atoms with Crippen molar-refractivity contribution in [2.75, 3.05) is 13.6 Å². The van der Waals surface area contributed by atoms with Crippen molar-refractivity contribution < 1.29 is 4.79 Å². The van der Waals surface area contributed by atoms with E-state index in [0.29, 0.717) is 5.92 Å². The van der Waals surface area contributed by atoms with Crippen LogP contribution in [0.5, 0.6) is 0 Å². The first-order valence-electron chi connectivity index (χ1n) is 7.48. The molecule has 2 bridgehead atoms. The van der Waals surface area contributed by atoms with Crippen LogP contribution in [0.15, 0.2) is 0 Å². The van der Waals surface area contributed by atoms with Gasteiger partial charge < -0.3 is 10.6 Å². The van der Waals surface area contributed by atoms with E-state index in [1.165, 1.54) is 25.7 Å². The van der Waals surface area contributed by atoms with Crippen LogP contribution in [0.1, 0.15) is 46.0 Å². The van der Waals surface area contributed by atoms with E-state index in [-0.39, 0.29) is 11.9 Å². The zero-order valence-electron chi connectivity index (χ0n) is 12.1. The second kappa shape index (κ2) is 5.60. The van der Waals surface area contributed by atoms with Crippen molar-refractivity contribution in [3.63, 3.8) is 0 Å².